The first-order valence-electron chi connectivity index (χ1n) is 6.75. The van der Waals surface area contributed by atoms with Gasteiger partial charge in [0, 0.05) is 18.3 Å². The van der Waals surface area contributed by atoms with E-state index in [-0.39, 0.29) is 17.7 Å². The van der Waals surface area contributed by atoms with Crippen LogP contribution in [0.4, 0.5) is 5.69 Å². The normalized spacial score (nSPS) is 12.2. The van der Waals surface area contributed by atoms with Crippen LogP contribution < -0.4 is 5.32 Å². The first-order valence-corrected chi connectivity index (χ1v) is 6.75. The Morgan fingerprint density at radius 3 is 2.62 bits per heavy atom. The van der Waals surface area contributed by atoms with Gasteiger partial charge in [0.25, 0.3) is 0 Å². The second-order valence-electron chi connectivity index (χ2n) is 5.10. The predicted molar refractivity (Wildman–Crippen MR) is 79.4 cm³/mol. The van der Waals surface area contributed by atoms with E-state index in [1.807, 2.05) is 32.9 Å². The molecular weight excluding hydrogens is 268 g/mol. The number of carbonyl (C=O) groups is 1. The number of aromatic carboxylic acids is 1. The van der Waals surface area contributed by atoms with Crippen LogP contribution in [0.5, 0.6) is 0 Å². The molecule has 21 heavy (non-hydrogen) atoms. The van der Waals surface area contributed by atoms with Gasteiger partial charge in [-0.1, -0.05) is 19.9 Å². The van der Waals surface area contributed by atoms with Crippen LogP contribution in [0.2, 0.25) is 0 Å². The SMILES string of the molecule is CC(C)c1ncc(NC(C)c2cccnc2)c(C(=O)O)n1. The van der Waals surface area contributed by atoms with Gasteiger partial charge in [0.15, 0.2) is 5.69 Å². The van der Waals surface area contributed by atoms with Crippen LogP contribution in [0.15, 0.2) is 30.7 Å². The fourth-order valence-electron chi connectivity index (χ4n) is 1.89. The zero-order valence-electron chi connectivity index (χ0n) is 12.2. The molecule has 0 bridgehead atoms. The lowest BCUT2D eigenvalue weighted by atomic mass is 10.1. The molecule has 0 aromatic carbocycles. The van der Waals surface area contributed by atoms with E-state index in [0.717, 1.165) is 5.56 Å². The molecule has 2 aromatic heterocycles. The van der Waals surface area contributed by atoms with E-state index in [1.54, 1.807) is 12.4 Å². The third kappa shape index (κ3) is 3.53. The Hall–Kier alpha value is -2.50. The fraction of sp³-hybridized carbons (Fsp3) is 0.333. The van der Waals surface area contributed by atoms with Crippen molar-refractivity contribution in [3.63, 3.8) is 0 Å². The van der Waals surface area contributed by atoms with Gasteiger partial charge in [-0.25, -0.2) is 14.8 Å². The molecule has 2 heterocycles. The molecule has 1 atom stereocenters. The summed E-state index contributed by atoms with van der Waals surface area (Å²) in [6.45, 7) is 5.78. The molecule has 6 nitrogen and oxygen atoms in total. The summed E-state index contributed by atoms with van der Waals surface area (Å²) in [5.74, 6) is -0.472. The number of nitrogens with one attached hydrogen (secondary N) is 1. The van der Waals surface area contributed by atoms with Crippen molar-refractivity contribution in [1.29, 1.82) is 0 Å². The molecule has 2 N–H and O–H groups in total. The van der Waals surface area contributed by atoms with E-state index in [0.29, 0.717) is 11.5 Å². The average molecular weight is 286 g/mol. The molecule has 0 aliphatic heterocycles. The Bertz CT molecular complexity index is 629. The highest BCUT2D eigenvalue weighted by Crippen LogP contribution is 2.22. The molecule has 110 valence electrons. The number of nitrogens with zero attached hydrogens (tertiary/aromatic N) is 3. The lowest BCUT2D eigenvalue weighted by Gasteiger charge is -2.17. The highest BCUT2D eigenvalue weighted by molar-refractivity contribution is 5.91. The molecule has 2 rings (SSSR count). The van der Waals surface area contributed by atoms with Gasteiger partial charge in [-0.2, -0.15) is 0 Å². The minimum absolute atomic E-state index is 0.00978. The topological polar surface area (TPSA) is 88.0 Å². The van der Waals surface area contributed by atoms with Crippen LogP contribution in [0.1, 0.15) is 54.6 Å². The third-order valence-corrected chi connectivity index (χ3v) is 3.08. The van der Waals surface area contributed by atoms with Crippen molar-refractivity contribution in [1.82, 2.24) is 15.0 Å². The number of aromatic nitrogens is 3. The van der Waals surface area contributed by atoms with Crippen LogP contribution in [0.25, 0.3) is 0 Å². The zero-order chi connectivity index (χ0) is 15.4. The van der Waals surface area contributed by atoms with Gasteiger partial charge < -0.3 is 10.4 Å². The first-order chi connectivity index (χ1) is 9.99. The number of anilines is 1. The minimum atomic E-state index is -1.07. The van der Waals surface area contributed by atoms with Gasteiger partial charge in [-0.3, -0.25) is 4.98 Å². The molecule has 0 saturated carbocycles. The average Bonchev–Trinajstić information content (AvgIpc) is 2.48. The van der Waals surface area contributed by atoms with Crippen molar-refractivity contribution in [2.75, 3.05) is 5.32 Å². The Morgan fingerprint density at radius 2 is 2.05 bits per heavy atom. The van der Waals surface area contributed by atoms with E-state index in [9.17, 15) is 9.90 Å². The standard InChI is InChI=1S/C15H18N4O2/c1-9(2)14-17-8-12(13(19-14)15(20)21)18-10(3)11-5-4-6-16-7-11/h4-10,18H,1-3H3,(H,20,21). The van der Waals surface area contributed by atoms with Crippen molar-refractivity contribution in [3.05, 3.63) is 47.8 Å². The quantitative estimate of drug-likeness (QED) is 0.878. The molecule has 0 amide bonds. The summed E-state index contributed by atoms with van der Waals surface area (Å²) >= 11 is 0. The lowest BCUT2D eigenvalue weighted by Crippen LogP contribution is -2.14. The number of carboxylic acids is 1. The highest BCUT2D eigenvalue weighted by atomic mass is 16.4. The lowest BCUT2D eigenvalue weighted by molar-refractivity contribution is 0.0691. The number of pyridine rings is 1. The molecule has 0 aliphatic carbocycles. The van der Waals surface area contributed by atoms with E-state index >= 15 is 0 Å². The summed E-state index contributed by atoms with van der Waals surface area (Å²) < 4.78 is 0. The minimum Gasteiger partial charge on any atom is -0.476 e. The van der Waals surface area contributed by atoms with Gasteiger partial charge in [-0.05, 0) is 18.6 Å². The van der Waals surface area contributed by atoms with Crippen molar-refractivity contribution < 1.29 is 9.90 Å². The monoisotopic (exact) mass is 286 g/mol. The zero-order valence-corrected chi connectivity index (χ0v) is 12.2. The van der Waals surface area contributed by atoms with Crippen molar-refractivity contribution >= 4 is 11.7 Å². The molecular formula is C15H18N4O2. The first kappa shape index (κ1) is 14.9. The highest BCUT2D eigenvalue weighted by Gasteiger charge is 2.17. The summed E-state index contributed by atoms with van der Waals surface area (Å²) in [4.78, 5) is 23.8. The molecule has 6 heteroatoms. The summed E-state index contributed by atoms with van der Waals surface area (Å²) in [6.07, 6.45) is 4.96. The van der Waals surface area contributed by atoms with E-state index in [2.05, 4.69) is 20.3 Å². The van der Waals surface area contributed by atoms with E-state index < -0.39 is 5.97 Å². The van der Waals surface area contributed by atoms with Gasteiger partial charge >= 0.3 is 5.97 Å². The van der Waals surface area contributed by atoms with Crippen LogP contribution in [-0.2, 0) is 0 Å². The maximum Gasteiger partial charge on any atom is 0.356 e. The second-order valence-corrected chi connectivity index (χ2v) is 5.10. The number of hydrogen-bond acceptors (Lipinski definition) is 5. The van der Waals surface area contributed by atoms with Crippen LogP contribution in [0.3, 0.4) is 0 Å². The summed E-state index contributed by atoms with van der Waals surface area (Å²) in [5, 5.41) is 12.4. The van der Waals surface area contributed by atoms with Crippen molar-refractivity contribution in [3.8, 4) is 0 Å². The molecule has 0 radical (unpaired) electrons. The Labute approximate surface area is 123 Å². The summed E-state index contributed by atoms with van der Waals surface area (Å²) in [5.41, 5.74) is 1.36. The number of hydrogen-bond donors (Lipinski definition) is 2. The Balaban J connectivity index is 2.29. The maximum absolute atomic E-state index is 11.4. The second kappa shape index (κ2) is 6.30. The van der Waals surface area contributed by atoms with Gasteiger partial charge in [0.2, 0.25) is 0 Å². The van der Waals surface area contributed by atoms with Crippen molar-refractivity contribution in [2.45, 2.75) is 32.7 Å². The van der Waals surface area contributed by atoms with Crippen LogP contribution in [-0.4, -0.2) is 26.0 Å². The van der Waals surface area contributed by atoms with Crippen LogP contribution >= 0.6 is 0 Å². The van der Waals surface area contributed by atoms with Crippen LogP contribution in [0, 0.1) is 0 Å². The molecule has 0 aliphatic rings. The van der Waals surface area contributed by atoms with Gasteiger partial charge in [0.1, 0.15) is 5.82 Å². The molecule has 0 spiro atoms. The van der Waals surface area contributed by atoms with E-state index in [1.165, 1.54) is 6.20 Å². The maximum atomic E-state index is 11.4. The molecule has 2 aromatic rings. The molecule has 1 unspecified atom stereocenters. The summed E-state index contributed by atoms with van der Waals surface area (Å²) in [7, 11) is 0. The summed E-state index contributed by atoms with van der Waals surface area (Å²) in [6, 6.07) is 3.67. The third-order valence-electron chi connectivity index (χ3n) is 3.08. The largest absolute Gasteiger partial charge is 0.476 e. The number of rotatable bonds is 5. The van der Waals surface area contributed by atoms with Crippen molar-refractivity contribution in [2.24, 2.45) is 0 Å². The Morgan fingerprint density at radius 1 is 1.29 bits per heavy atom. The van der Waals surface area contributed by atoms with E-state index in [4.69, 9.17) is 0 Å². The fourth-order valence-corrected chi connectivity index (χ4v) is 1.89. The van der Waals surface area contributed by atoms with Gasteiger partial charge in [-0.15, -0.1) is 0 Å². The Kier molecular flexibility index (Phi) is 4.47. The smallest absolute Gasteiger partial charge is 0.356 e. The number of carboxylic acid groups (broad SMARTS) is 1. The van der Waals surface area contributed by atoms with Gasteiger partial charge in [0.05, 0.1) is 17.9 Å². The molecule has 0 fully saturated rings. The molecule has 0 saturated heterocycles. The predicted octanol–water partition coefficient (Wildman–Crippen LogP) is 2.87.